The molecule has 0 saturated heterocycles. The van der Waals surface area contributed by atoms with Crippen molar-refractivity contribution in [3.8, 4) is 0 Å². The van der Waals surface area contributed by atoms with E-state index in [0.717, 1.165) is 15.2 Å². The van der Waals surface area contributed by atoms with Gasteiger partial charge in [-0.1, -0.05) is 30.3 Å². The molecule has 0 bridgehead atoms. The monoisotopic (exact) mass is 381 g/mol. The Labute approximate surface area is 155 Å². The van der Waals surface area contributed by atoms with Gasteiger partial charge in [-0.3, -0.25) is 14.6 Å². The molecule has 0 fully saturated rings. The number of amides is 2. The molecule has 3 aromatic rings. The van der Waals surface area contributed by atoms with Crippen molar-refractivity contribution in [3.05, 3.63) is 66.4 Å². The van der Waals surface area contributed by atoms with Gasteiger partial charge in [-0.25, -0.2) is 12.7 Å². The molecule has 1 aliphatic rings. The molecule has 0 aliphatic carbocycles. The molecule has 8 heteroatoms. The first-order valence-corrected chi connectivity index (χ1v) is 9.71. The molecule has 0 spiro atoms. The van der Waals surface area contributed by atoms with Gasteiger partial charge in [0, 0.05) is 18.4 Å². The van der Waals surface area contributed by atoms with Crippen molar-refractivity contribution >= 4 is 38.4 Å². The summed E-state index contributed by atoms with van der Waals surface area (Å²) in [6.45, 7) is -0.220. The number of nitrogens with one attached hydrogen (secondary N) is 1. The van der Waals surface area contributed by atoms with Crippen molar-refractivity contribution in [2.75, 3.05) is 11.9 Å². The highest BCUT2D eigenvalue weighted by molar-refractivity contribution is 7.90. The van der Waals surface area contributed by atoms with Crippen molar-refractivity contribution in [1.29, 1.82) is 0 Å². The minimum absolute atomic E-state index is 0.0193. The molecule has 2 heterocycles. The first kappa shape index (κ1) is 17.2. The lowest BCUT2D eigenvalue weighted by Gasteiger charge is -2.14. The first-order valence-electron chi connectivity index (χ1n) is 8.27. The fourth-order valence-corrected chi connectivity index (χ4v) is 4.59. The number of carbonyl (C=O) groups excluding carboxylic acids is 2. The Morgan fingerprint density at radius 2 is 1.81 bits per heavy atom. The molecular formula is C19H15N3O4S. The predicted molar refractivity (Wildman–Crippen MR) is 99.7 cm³/mol. The van der Waals surface area contributed by atoms with Crippen molar-refractivity contribution < 1.29 is 18.0 Å². The van der Waals surface area contributed by atoms with Crippen molar-refractivity contribution in [1.82, 2.24) is 9.29 Å². The molecule has 0 atom stereocenters. The number of para-hydroxylation sites is 1. The fourth-order valence-electron chi connectivity index (χ4n) is 3.02. The molecule has 0 saturated carbocycles. The third kappa shape index (κ3) is 3.04. The summed E-state index contributed by atoms with van der Waals surface area (Å²) in [6.07, 6.45) is 1.39. The van der Waals surface area contributed by atoms with Crippen molar-refractivity contribution in [2.45, 2.75) is 11.3 Å². The summed E-state index contributed by atoms with van der Waals surface area (Å²) in [7, 11) is -3.90. The largest absolute Gasteiger partial charge is 0.325 e. The van der Waals surface area contributed by atoms with E-state index < -0.39 is 21.8 Å². The first-order chi connectivity index (χ1) is 13.0. The molecule has 136 valence electrons. The zero-order valence-electron chi connectivity index (χ0n) is 14.1. The number of hydrogen-bond donors (Lipinski definition) is 1. The van der Waals surface area contributed by atoms with E-state index in [1.165, 1.54) is 18.3 Å². The molecule has 0 radical (unpaired) electrons. The van der Waals surface area contributed by atoms with E-state index in [-0.39, 0.29) is 23.4 Å². The summed E-state index contributed by atoms with van der Waals surface area (Å²) >= 11 is 0. The lowest BCUT2D eigenvalue weighted by molar-refractivity contribution is -0.116. The molecule has 1 aromatic heterocycles. The lowest BCUT2D eigenvalue weighted by Crippen LogP contribution is -2.33. The SMILES string of the molecule is O=C(CCN1C(=O)c2ccccc2S1(=O)=O)Nc1cnc2ccccc2c1. The van der Waals surface area contributed by atoms with E-state index in [2.05, 4.69) is 10.3 Å². The Hall–Kier alpha value is -3.26. The van der Waals surface area contributed by atoms with Crippen LogP contribution in [0.5, 0.6) is 0 Å². The van der Waals surface area contributed by atoms with Crippen LogP contribution in [0.25, 0.3) is 10.9 Å². The minimum atomic E-state index is -3.90. The maximum atomic E-state index is 12.5. The summed E-state index contributed by atoms with van der Waals surface area (Å²) in [4.78, 5) is 28.8. The summed E-state index contributed by atoms with van der Waals surface area (Å²) in [5, 5.41) is 3.56. The number of rotatable bonds is 4. The van der Waals surface area contributed by atoms with E-state index in [4.69, 9.17) is 0 Å². The molecule has 1 aliphatic heterocycles. The predicted octanol–water partition coefficient (Wildman–Crippen LogP) is 2.41. The van der Waals surface area contributed by atoms with Gasteiger partial charge in [-0.05, 0) is 24.3 Å². The van der Waals surface area contributed by atoms with Gasteiger partial charge >= 0.3 is 0 Å². The van der Waals surface area contributed by atoms with E-state index in [1.807, 2.05) is 24.3 Å². The second-order valence-electron chi connectivity index (χ2n) is 6.09. The zero-order valence-corrected chi connectivity index (χ0v) is 14.9. The standard InChI is InChI=1S/C19H15N3O4S/c23-18(21-14-11-13-5-1-3-7-16(13)20-12-14)9-10-22-19(24)15-6-2-4-8-17(15)27(22,25)26/h1-8,11-12H,9-10H2,(H,21,23). The van der Waals surface area contributed by atoms with Crippen LogP contribution in [0.4, 0.5) is 5.69 Å². The number of nitrogens with zero attached hydrogens (tertiary/aromatic N) is 2. The fraction of sp³-hybridized carbons (Fsp3) is 0.105. The average Bonchev–Trinajstić information content (AvgIpc) is 2.86. The third-order valence-electron chi connectivity index (χ3n) is 4.33. The third-order valence-corrected chi connectivity index (χ3v) is 6.17. The number of benzene rings is 2. The smallest absolute Gasteiger partial charge is 0.269 e. The van der Waals surface area contributed by atoms with Crippen LogP contribution in [0.15, 0.2) is 65.7 Å². The van der Waals surface area contributed by atoms with Crippen LogP contribution in [0.2, 0.25) is 0 Å². The maximum absolute atomic E-state index is 12.5. The van der Waals surface area contributed by atoms with Gasteiger partial charge in [0.2, 0.25) is 5.91 Å². The Bertz CT molecular complexity index is 1170. The molecule has 2 aromatic carbocycles. The molecular weight excluding hydrogens is 366 g/mol. The molecule has 2 amide bonds. The Morgan fingerprint density at radius 1 is 1.07 bits per heavy atom. The van der Waals surface area contributed by atoms with Gasteiger partial charge in [-0.15, -0.1) is 0 Å². The summed E-state index contributed by atoms with van der Waals surface area (Å²) < 4.78 is 25.7. The number of sulfonamides is 1. The second-order valence-corrected chi connectivity index (χ2v) is 7.92. The van der Waals surface area contributed by atoms with Gasteiger partial charge in [0.1, 0.15) is 4.90 Å². The van der Waals surface area contributed by atoms with E-state index >= 15 is 0 Å². The van der Waals surface area contributed by atoms with Crippen LogP contribution in [0.1, 0.15) is 16.8 Å². The molecule has 1 N–H and O–H groups in total. The normalized spacial score (nSPS) is 15.0. The van der Waals surface area contributed by atoms with Crippen molar-refractivity contribution in [3.63, 3.8) is 0 Å². The summed E-state index contributed by atoms with van der Waals surface area (Å²) in [6, 6.07) is 15.3. The highest BCUT2D eigenvalue weighted by Crippen LogP contribution is 2.29. The second kappa shape index (κ2) is 6.48. The highest BCUT2D eigenvalue weighted by Gasteiger charge is 2.40. The number of fused-ring (bicyclic) bond motifs is 2. The van der Waals surface area contributed by atoms with E-state index in [0.29, 0.717) is 5.69 Å². The van der Waals surface area contributed by atoms with Gasteiger partial charge in [-0.2, -0.15) is 0 Å². The van der Waals surface area contributed by atoms with E-state index in [9.17, 15) is 18.0 Å². The van der Waals surface area contributed by atoms with Crippen LogP contribution in [0.3, 0.4) is 0 Å². The Kier molecular flexibility index (Phi) is 4.12. The molecule has 0 unspecified atom stereocenters. The Balaban J connectivity index is 1.46. The van der Waals surface area contributed by atoms with Crippen LogP contribution < -0.4 is 5.32 Å². The van der Waals surface area contributed by atoms with Crippen LogP contribution in [-0.4, -0.2) is 36.1 Å². The molecule has 27 heavy (non-hydrogen) atoms. The topological polar surface area (TPSA) is 96.4 Å². The van der Waals surface area contributed by atoms with Gasteiger partial charge in [0.25, 0.3) is 15.9 Å². The highest BCUT2D eigenvalue weighted by atomic mass is 32.2. The van der Waals surface area contributed by atoms with Crippen LogP contribution >= 0.6 is 0 Å². The van der Waals surface area contributed by atoms with Gasteiger partial charge in [0.15, 0.2) is 0 Å². The van der Waals surface area contributed by atoms with E-state index in [1.54, 1.807) is 18.2 Å². The van der Waals surface area contributed by atoms with Crippen molar-refractivity contribution in [2.24, 2.45) is 0 Å². The number of carbonyl (C=O) groups is 2. The summed E-state index contributed by atoms with van der Waals surface area (Å²) in [5.41, 5.74) is 1.45. The zero-order chi connectivity index (χ0) is 19.0. The molecule has 4 rings (SSSR count). The quantitative estimate of drug-likeness (QED) is 0.749. The van der Waals surface area contributed by atoms with Gasteiger partial charge < -0.3 is 5.32 Å². The van der Waals surface area contributed by atoms with Gasteiger partial charge in [0.05, 0.1) is 23.0 Å². The summed E-state index contributed by atoms with van der Waals surface area (Å²) in [5.74, 6) is -1.00. The van der Waals surface area contributed by atoms with Crippen LogP contribution in [0, 0.1) is 0 Å². The van der Waals surface area contributed by atoms with Crippen LogP contribution in [-0.2, 0) is 14.8 Å². The average molecular weight is 381 g/mol. The number of anilines is 1. The number of hydrogen-bond acceptors (Lipinski definition) is 5. The minimum Gasteiger partial charge on any atom is -0.325 e. The molecule has 7 nitrogen and oxygen atoms in total. The lowest BCUT2D eigenvalue weighted by atomic mass is 10.2. The Morgan fingerprint density at radius 3 is 2.63 bits per heavy atom. The number of aromatic nitrogens is 1. The number of pyridine rings is 1. The maximum Gasteiger partial charge on any atom is 0.269 e.